The lowest BCUT2D eigenvalue weighted by Crippen LogP contribution is -2.46. The Kier molecular flexibility index (Phi) is 3.57. The Bertz CT molecular complexity index is 539. The molecule has 1 aromatic carbocycles. The van der Waals surface area contributed by atoms with Gasteiger partial charge in [0.2, 0.25) is 0 Å². The third-order valence-electron chi connectivity index (χ3n) is 4.56. The Balaban J connectivity index is 1.68. The van der Waals surface area contributed by atoms with E-state index in [-0.39, 0.29) is 6.04 Å². The SMILES string of the molecule is CNC(=O)c1c(F)cc(NC2CC3(CCNC3)C2)cc1F. The molecule has 6 heteroatoms. The third-order valence-corrected chi connectivity index (χ3v) is 4.56. The average Bonchev–Trinajstić information content (AvgIpc) is 2.86. The minimum absolute atomic E-state index is 0.245. The normalized spacial score (nSPS) is 27.5. The number of benzene rings is 1. The number of amides is 1. The van der Waals surface area contributed by atoms with Gasteiger partial charge in [-0.05, 0) is 43.4 Å². The second-order valence-corrected chi connectivity index (χ2v) is 6.07. The summed E-state index contributed by atoms with van der Waals surface area (Å²) in [5.41, 5.74) is 0.230. The second kappa shape index (κ2) is 5.26. The quantitative estimate of drug-likeness (QED) is 0.798. The summed E-state index contributed by atoms with van der Waals surface area (Å²) < 4.78 is 27.7. The summed E-state index contributed by atoms with van der Waals surface area (Å²) in [6.45, 7) is 2.08. The molecule has 1 heterocycles. The molecule has 1 spiro atoms. The highest BCUT2D eigenvalue weighted by Gasteiger charge is 2.45. The molecule has 1 aliphatic carbocycles. The van der Waals surface area contributed by atoms with Crippen LogP contribution in [0.25, 0.3) is 0 Å². The Hall–Kier alpha value is -1.69. The van der Waals surface area contributed by atoms with Crippen molar-refractivity contribution in [3.8, 4) is 0 Å². The molecule has 3 rings (SSSR count). The first-order chi connectivity index (χ1) is 10.0. The van der Waals surface area contributed by atoms with Gasteiger partial charge in [-0.25, -0.2) is 8.78 Å². The highest BCUT2D eigenvalue weighted by molar-refractivity contribution is 5.94. The van der Waals surface area contributed by atoms with Gasteiger partial charge in [0, 0.05) is 25.3 Å². The number of rotatable bonds is 3. The van der Waals surface area contributed by atoms with Crippen LogP contribution in [0.3, 0.4) is 0 Å². The van der Waals surface area contributed by atoms with Gasteiger partial charge in [-0.15, -0.1) is 0 Å². The molecular formula is C15H19F2N3O. The van der Waals surface area contributed by atoms with E-state index in [0.717, 1.165) is 25.9 Å². The first kappa shape index (κ1) is 14.3. The number of halogens is 2. The van der Waals surface area contributed by atoms with Gasteiger partial charge in [0.1, 0.15) is 17.2 Å². The van der Waals surface area contributed by atoms with E-state index >= 15 is 0 Å². The summed E-state index contributed by atoms with van der Waals surface area (Å²) in [6, 6.07) is 2.62. The molecular weight excluding hydrogens is 276 g/mol. The molecule has 0 radical (unpaired) electrons. The highest BCUT2D eigenvalue weighted by Crippen LogP contribution is 2.46. The molecule has 114 valence electrons. The van der Waals surface area contributed by atoms with Crippen molar-refractivity contribution in [3.05, 3.63) is 29.3 Å². The number of nitrogens with one attached hydrogen (secondary N) is 3. The molecule has 21 heavy (non-hydrogen) atoms. The summed E-state index contributed by atoms with van der Waals surface area (Å²) >= 11 is 0. The van der Waals surface area contributed by atoms with Crippen molar-refractivity contribution >= 4 is 11.6 Å². The van der Waals surface area contributed by atoms with E-state index in [4.69, 9.17) is 0 Å². The zero-order valence-corrected chi connectivity index (χ0v) is 11.9. The lowest BCUT2D eigenvalue weighted by molar-refractivity contribution is 0.0955. The number of hydrogen-bond donors (Lipinski definition) is 3. The maximum atomic E-state index is 13.9. The van der Waals surface area contributed by atoms with Crippen LogP contribution >= 0.6 is 0 Å². The first-order valence-corrected chi connectivity index (χ1v) is 7.21. The number of carbonyl (C=O) groups excluding carboxylic acids is 1. The Morgan fingerprint density at radius 2 is 2.00 bits per heavy atom. The molecule has 1 saturated heterocycles. The van der Waals surface area contributed by atoms with Crippen molar-refractivity contribution in [1.29, 1.82) is 0 Å². The van der Waals surface area contributed by atoms with Crippen LogP contribution in [0, 0.1) is 17.0 Å². The second-order valence-electron chi connectivity index (χ2n) is 6.07. The van der Waals surface area contributed by atoms with Crippen LogP contribution in [0.15, 0.2) is 12.1 Å². The minimum Gasteiger partial charge on any atom is -0.382 e. The van der Waals surface area contributed by atoms with Gasteiger partial charge in [-0.2, -0.15) is 0 Å². The fourth-order valence-corrected chi connectivity index (χ4v) is 3.47. The van der Waals surface area contributed by atoms with Gasteiger partial charge >= 0.3 is 0 Å². The van der Waals surface area contributed by atoms with Gasteiger partial charge in [-0.3, -0.25) is 4.79 Å². The Labute approximate surface area is 122 Å². The monoisotopic (exact) mass is 295 g/mol. The Morgan fingerprint density at radius 3 is 2.52 bits per heavy atom. The molecule has 0 unspecified atom stereocenters. The molecule has 4 nitrogen and oxygen atoms in total. The molecule has 1 aliphatic heterocycles. The van der Waals surface area contributed by atoms with Crippen molar-refractivity contribution in [1.82, 2.24) is 10.6 Å². The summed E-state index contributed by atoms with van der Waals surface area (Å²) in [6.07, 6.45) is 3.20. The third kappa shape index (κ3) is 2.60. The van der Waals surface area contributed by atoms with Crippen LogP contribution in [0.4, 0.5) is 14.5 Å². The van der Waals surface area contributed by atoms with Crippen molar-refractivity contribution in [2.24, 2.45) is 5.41 Å². The number of anilines is 1. The predicted octanol–water partition coefficient (Wildman–Crippen LogP) is 1.88. The molecule has 0 aromatic heterocycles. The molecule has 2 aliphatic rings. The fraction of sp³-hybridized carbons (Fsp3) is 0.533. The van der Waals surface area contributed by atoms with Crippen LogP contribution in [0.2, 0.25) is 0 Å². The summed E-state index contributed by atoms with van der Waals surface area (Å²) in [4.78, 5) is 11.4. The topological polar surface area (TPSA) is 53.2 Å². The summed E-state index contributed by atoms with van der Waals surface area (Å²) in [5.74, 6) is -2.43. The van der Waals surface area contributed by atoms with Crippen molar-refractivity contribution in [2.75, 3.05) is 25.5 Å². The smallest absolute Gasteiger partial charge is 0.256 e. The number of carbonyl (C=O) groups is 1. The largest absolute Gasteiger partial charge is 0.382 e. The zero-order valence-electron chi connectivity index (χ0n) is 11.9. The predicted molar refractivity (Wildman–Crippen MR) is 76.3 cm³/mol. The zero-order chi connectivity index (χ0) is 15.0. The Morgan fingerprint density at radius 1 is 1.33 bits per heavy atom. The van der Waals surface area contributed by atoms with Crippen LogP contribution < -0.4 is 16.0 Å². The van der Waals surface area contributed by atoms with E-state index in [2.05, 4.69) is 16.0 Å². The average molecular weight is 295 g/mol. The fourth-order valence-electron chi connectivity index (χ4n) is 3.47. The van der Waals surface area contributed by atoms with E-state index < -0.39 is 23.1 Å². The molecule has 0 atom stereocenters. The lowest BCUT2D eigenvalue weighted by atomic mass is 9.65. The van der Waals surface area contributed by atoms with Crippen LogP contribution in [0.5, 0.6) is 0 Å². The maximum Gasteiger partial charge on any atom is 0.256 e. The van der Waals surface area contributed by atoms with Gasteiger partial charge in [0.05, 0.1) is 0 Å². The number of hydrogen-bond acceptors (Lipinski definition) is 3. The summed E-state index contributed by atoms with van der Waals surface area (Å²) in [5, 5.41) is 8.74. The molecule has 2 fully saturated rings. The highest BCUT2D eigenvalue weighted by atomic mass is 19.1. The van der Waals surface area contributed by atoms with E-state index in [9.17, 15) is 13.6 Å². The van der Waals surface area contributed by atoms with Crippen molar-refractivity contribution in [3.63, 3.8) is 0 Å². The van der Waals surface area contributed by atoms with Crippen molar-refractivity contribution < 1.29 is 13.6 Å². The lowest BCUT2D eigenvalue weighted by Gasteiger charge is -2.45. The van der Waals surface area contributed by atoms with Gasteiger partial charge in [0.25, 0.3) is 5.91 Å². The minimum atomic E-state index is -0.839. The molecule has 1 amide bonds. The summed E-state index contributed by atoms with van der Waals surface area (Å²) in [7, 11) is 1.34. The van der Waals surface area contributed by atoms with E-state index in [0.29, 0.717) is 11.1 Å². The van der Waals surface area contributed by atoms with E-state index in [1.165, 1.54) is 25.6 Å². The first-order valence-electron chi connectivity index (χ1n) is 7.21. The van der Waals surface area contributed by atoms with E-state index in [1.54, 1.807) is 0 Å². The van der Waals surface area contributed by atoms with Crippen LogP contribution in [-0.4, -0.2) is 32.1 Å². The standard InChI is InChI=1S/C15H19F2N3O/c1-18-14(21)13-11(16)4-9(5-12(13)17)20-10-6-15(7-10)2-3-19-8-15/h4-5,10,19-20H,2-3,6-8H2,1H3,(H,18,21). The van der Waals surface area contributed by atoms with Crippen LogP contribution in [0.1, 0.15) is 29.6 Å². The van der Waals surface area contributed by atoms with Gasteiger partial charge < -0.3 is 16.0 Å². The molecule has 0 bridgehead atoms. The maximum absolute atomic E-state index is 13.9. The van der Waals surface area contributed by atoms with Crippen molar-refractivity contribution in [2.45, 2.75) is 25.3 Å². The molecule has 1 aromatic rings. The van der Waals surface area contributed by atoms with Crippen LogP contribution in [-0.2, 0) is 0 Å². The molecule has 1 saturated carbocycles. The molecule has 3 N–H and O–H groups in total. The van der Waals surface area contributed by atoms with E-state index in [1.807, 2.05) is 0 Å². The van der Waals surface area contributed by atoms with Gasteiger partial charge in [0.15, 0.2) is 0 Å². The van der Waals surface area contributed by atoms with Gasteiger partial charge in [-0.1, -0.05) is 0 Å².